The first-order valence-electron chi connectivity index (χ1n) is 5.05. The number of hydrogen-bond donors (Lipinski definition) is 2. The highest BCUT2D eigenvalue weighted by atomic mass is 32.1. The summed E-state index contributed by atoms with van der Waals surface area (Å²) in [6.07, 6.45) is 1.41. The lowest BCUT2D eigenvalue weighted by molar-refractivity contribution is -0.0617. The minimum atomic E-state index is -0.609. The zero-order valence-corrected chi connectivity index (χ0v) is 9.29. The third kappa shape index (κ3) is 3.20. The fraction of sp³-hybridized carbons (Fsp3) is 0.778. The van der Waals surface area contributed by atoms with Crippen LogP contribution in [0.4, 0.5) is 0 Å². The summed E-state index contributed by atoms with van der Waals surface area (Å²) in [6, 6.07) is 0. The van der Waals surface area contributed by atoms with Crippen LogP contribution in [0.1, 0.15) is 18.5 Å². The molecule has 1 fully saturated rings. The summed E-state index contributed by atoms with van der Waals surface area (Å²) in [7, 11) is 0. The molecule has 0 unspecified atom stereocenters. The summed E-state index contributed by atoms with van der Waals surface area (Å²) in [6.45, 7) is 2.56. The Balaban J connectivity index is 1.72. The number of aromatic nitrogens is 2. The average Bonchev–Trinajstić information content (AvgIpc) is 2.71. The fourth-order valence-electron chi connectivity index (χ4n) is 1.61. The highest BCUT2D eigenvalue weighted by molar-refractivity contribution is 7.03. The van der Waals surface area contributed by atoms with Gasteiger partial charge in [-0.15, -0.1) is 5.10 Å². The highest BCUT2D eigenvalue weighted by Crippen LogP contribution is 2.19. The monoisotopic (exact) mass is 229 g/mol. The van der Waals surface area contributed by atoms with Gasteiger partial charge in [-0.3, -0.25) is 0 Å². The fourth-order valence-corrected chi connectivity index (χ4v) is 2.06. The van der Waals surface area contributed by atoms with Crippen molar-refractivity contribution in [3.8, 4) is 0 Å². The van der Waals surface area contributed by atoms with Gasteiger partial charge in [-0.1, -0.05) is 4.49 Å². The van der Waals surface area contributed by atoms with Crippen molar-refractivity contribution in [2.24, 2.45) is 0 Å². The topological polar surface area (TPSA) is 67.3 Å². The molecule has 15 heavy (non-hydrogen) atoms. The smallest absolute Gasteiger partial charge is 0.0893 e. The van der Waals surface area contributed by atoms with Gasteiger partial charge in [0.05, 0.1) is 11.3 Å². The Kier molecular flexibility index (Phi) is 3.63. The molecule has 2 heterocycles. The minimum absolute atomic E-state index is 0.591. The van der Waals surface area contributed by atoms with Crippen LogP contribution in [0.2, 0.25) is 0 Å². The summed E-state index contributed by atoms with van der Waals surface area (Å²) < 4.78 is 8.98. The van der Waals surface area contributed by atoms with Crippen LogP contribution >= 0.6 is 11.5 Å². The molecule has 0 saturated carbocycles. The van der Waals surface area contributed by atoms with Crippen molar-refractivity contribution in [1.82, 2.24) is 14.9 Å². The maximum absolute atomic E-state index is 10.1. The summed E-state index contributed by atoms with van der Waals surface area (Å²) >= 11 is 1.34. The summed E-state index contributed by atoms with van der Waals surface area (Å²) in [4.78, 5) is 0. The van der Waals surface area contributed by atoms with E-state index in [0.717, 1.165) is 5.69 Å². The average molecular weight is 229 g/mol. The molecule has 1 aliphatic rings. The molecule has 1 saturated heterocycles. The van der Waals surface area contributed by atoms with E-state index < -0.39 is 5.60 Å². The van der Waals surface area contributed by atoms with Crippen LogP contribution in [0.15, 0.2) is 5.38 Å². The number of nitrogens with one attached hydrogen (secondary N) is 1. The first-order valence-corrected chi connectivity index (χ1v) is 5.89. The van der Waals surface area contributed by atoms with Crippen molar-refractivity contribution in [1.29, 1.82) is 0 Å². The number of hydrogen-bond acceptors (Lipinski definition) is 6. The predicted octanol–water partition coefficient (Wildman–Crippen LogP) is 0.169. The molecule has 0 spiro atoms. The van der Waals surface area contributed by atoms with Crippen molar-refractivity contribution in [2.75, 3.05) is 19.8 Å². The van der Waals surface area contributed by atoms with Gasteiger partial charge in [0, 0.05) is 44.5 Å². The van der Waals surface area contributed by atoms with Crippen LogP contribution in [-0.2, 0) is 11.3 Å². The van der Waals surface area contributed by atoms with Gasteiger partial charge in [0.2, 0.25) is 0 Å². The second kappa shape index (κ2) is 4.98. The van der Waals surface area contributed by atoms with Crippen LogP contribution in [0.5, 0.6) is 0 Å². The maximum Gasteiger partial charge on any atom is 0.0893 e. The zero-order chi connectivity index (χ0) is 10.6. The van der Waals surface area contributed by atoms with Gasteiger partial charge in [-0.05, 0) is 11.5 Å². The Hall–Kier alpha value is -0.560. The molecule has 1 aliphatic heterocycles. The molecule has 1 aromatic heterocycles. The Morgan fingerprint density at radius 2 is 2.33 bits per heavy atom. The summed E-state index contributed by atoms with van der Waals surface area (Å²) in [5, 5.41) is 19.1. The van der Waals surface area contributed by atoms with Gasteiger partial charge in [-0.2, -0.15) is 0 Å². The Bertz CT molecular complexity index is 286. The first kappa shape index (κ1) is 10.9. The molecule has 0 atom stereocenters. The second-order valence-corrected chi connectivity index (χ2v) is 4.45. The lowest BCUT2D eigenvalue weighted by Crippen LogP contribution is -2.44. The third-order valence-electron chi connectivity index (χ3n) is 2.59. The molecule has 0 amide bonds. The summed E-state index contributed by atoms with van der Waals surface area (Å²) in [5.74, 6) is 0. The molecule has 84 valence electrons. The van der Waals surface area contributed by atoms with Crippen LogP contribution < -0.4 is 5.32 Å². The molecule has 5 nitrogen and oxygen atoms in total. The Labute approximate surface area is 92.6 Å². The number of rotatable bonds is 4. The molecule has 1 aromatic rings. The van der Waals surface area contributed by atoms with Crippen molar-refractivity contribution in [3.63, 3.8) is 0 Å². The highest BCUT2D eigenvalue weighted by Gasteiger charge is 2.29. The predicted molar refractivity (Wildman–Crippen MR) is 56.6 cm³/mol. The number of aliphatic hydroxyl groups is 1. The van der Waals surface area contributed by atoms with Crippen molar-refractivity contribution >= 4 is 11.5 Å². The molecule has 2 rings (SSSR count). The van der Waals surface area contributed by atoms with Crippen molar-refractivity contribution < 1.29 is 9.84 Å². The zero-order valence-electron chi connectivity index (χ0n) is 8.48. The van der Waals surface area contributed by atoms with Crippen molar-refractivity contribution in [2.45, 2.75) is 25.0 Å². The van der Waals surface area contributed by atoms with Crippen LogP contribution in [0.25, 0.3) is 0 Å². The molecular formula is C9H15N3O2S. The lowest BCUT2D eigenvalue weighted by Gasteiger charge is -2.32. The summed E-state index contributed by atoms with van der Waals surface area (Å²) in [5.41, 5.74) is 0.317. The van der Waals surface area contributed by atoms with Gasteiger partial charge in [0.15, 0.2) is 0 Å². The molecule has 0 radical (unpaired) electrons. The normalized spacial score (nSPS) is 20.3. The van der Waals surface area contributed by atoms with E-state index in [1.165, 1.54) is 11.5 Å². The van der Waals surface area contributed by atoms with Gasteiger partial charge < -0.3 is 15.2 Å². The molecule has 0 bridgehead atoms. The first-order chi connectivity index (χ1) is 7.29. The van der Waals surface area contributed by atoms with E-state index in [9.17, 15) is 5.11 Å². The van der Waals surface area contributed by atoms with E-state index in [4.69, 9.17) is 4.74 Å². The van der Waals surface area contributed by atoms with Gasteiger partial charge in [0.25, 0.3) is 0 Å². The van der Waals surface area contributed by atoms with E-state index in [2.05, 4.69) is 14.9 Å². The van der Waals surface area contributed by atoms with E-state index in [0.29, 0.717) is 39.1 Å². The standard InChI is InChI=1S/C9H15N3O2S/c13-9(1-3-14-4-2-9)7-10-5-8-6-15-12-11-8/h6,10,13H,1-5,7H2. The minimum Gasteiger partial charge on any atom is -0.388 e. The second-order valence-electron chi connectivity index (χ2n) is 3.84. The van der Waals surface area contributed by atoms with Crippen molar-refractivity contribution in [3.05, 3.63) is 11.1 Å². The van der Waals surface area contributed by atoms with Crippen LogP contribution in [0, 0.1) is 0 Å². The molecule has 2 N–H and O–H groups in total. The lowest BCUT2D eigenvalue weighted by atomic mass is 9.94. The molecular weight excluding hydrogens is 214 g/mol. The number of nitrogens with zero attached hydrogens (tertiary/aromatic N) is 2. The Morgan fingerprint density at radius 1 is 1.53 bits per heavy atom. The third-order valence-corrected chi connectivity index (χ3v) is 3.14. The Morgan fingerprint density at radius 3 is 3.00 bits per heavy atom. The van der Waals surface area contributed by atoms with Gasteiger partial charge in [-0.25, -0.2) is 0 Å². The molecule has 0 aromatic carbocycles. The maximum atomic E-state index is 10.1. The largest absolute Gasteiger partial charge is 0.388 e. The van der Waals surface area contributed by atoms with Crippen LogP contribution in [-0.4, -0.2) is 40.1 Å². The quantitative estimate of drug-likeness (QED) is 0.770. The molecule has 6 heteroatoms. The van der Waals surface area contributed by atoms with Gasteiger partial charge in [0.1, 0.15) is 0 Å². The van der Waals surface area contributed by atoms with E-state index >= 15 is 0 Å². The van der Waals surface area contributed by atoms with Crippen LogP contribution in [0.3, 0.4) is 0 Å². The van der Waals surface area contributed by atoms with E-state index in [-0.39, 0.29) is 0 Å². The molecule has 0 aliphatic carbocycles. The SMILES string of the molecule is OC1(CNCc2csnn2)CCOCC1. The number of ether oxygens (including phenoxy) is 1. The van der Waals surface area contributed by atoms with E-state index in [1.54, 1.807) is 0 Å². The van der Waals surface area contributed by atoms with Gasteiger partial charge >= 0.3 is 0 Å². The van der Waals surface area contributed by atoms with E-state index in [1.807, 2.05) is 5.38 Å².